The van der Waals surface area contributed by atoms with Crippen molar-refractivity contribution in [3.63, 3.8) is 0 Å². The van der Waals surface area contributed by atoms with Gasteiger partial charge in [0.2, 0.25) is 0 Å². The fourth-order valence-electron chi connectivity index (χ4n) is 0. The summed E-state index contributed by atoms with van der Waals surface area (Å²) < 4.78 is 0. The Morgan fingerprint density at radius 3 is 0.500 bits per heavy atom. The lowest BCUT2D eigenvalue weighted by Crippen LogP contribution is 0.0813. The lowest BCUT2D eigenvalue weighted by Gasteiger charge is -0.270. The molecule has 0 bridgehead atoms. The van der Waals surface area contributed by atoms with Gasteiger partial charge in [-0.05, 0) is 0 Å². The lowest BCUT2D eigenvalue weighted by atomic mass is 12.0. The monoisotopic (exact) mass is 72.0 g/mol. The van der Waals surface area contributed by atoms with E-state index >= 15 is 0 Å². The molecule has 0 aliphatic carbocycles. The first kappa shape index (κ1) is 669. The first-order valence-corrected chi connectivity index (χ1v) is 0. The zero-order valence-electron chi connectivity index (χ0n) is 1.72. The van der Waals surface area contributed by atoms with Gasteiger partial charge in [-0.1, -0.05) is 0 Å². The van der Waals surface area contributed by atoms with Gasteiger partial charge in [-0.25, -0.2) is 0 Å². The van der Waals surface area contributed by atoms with Gasteiger partial charge in [-0.2, -0.15) is 0 Å². The zero-order chi connectivity index (χ0) is 0. The van der Waals surface area contributed by atoms with Gasteiger partial charge >= 0.3 is 0 Å². The maximum Gasteiger partial charge on any atom is 0 e. The Morgan fingerprint density at radius 1 is 0.500 bits per heavy atom. The van der Waals surface area contributed by atoms with Gasteiger partial charge in [-0.3, -0.25) is 14.1 Å². The summed E-state index contributed by atoms with van der Waals surface area (Å²) in [5.74, 6) is 0. The van der Waals surface area contributed by atoms with Crippen LogP contribution in [0.25, 0.3) is 0 Å². The average Bonchev–Trinajstić information content (AvgIpc) is 0. The van der Waals surface area contributed by atoms with Crippen molar-refractivity contribution in [2.75, 3.05) is 0 Å². The third-order valence-electron chi connectivity index (χ3n) is 0. The molecule has 0 atom stereocenters. The second-order valence-corrected chi connectivity index (χ2v) is 0. The van der Waals surface area contributed by atoms with Crippen molar-refractivity contribution >= 4 is 0 Å². The standard InChI is InChI=1S/C.3FH/h;3*1H. The lowest BCUT2D eigenvalue weighted by molar-refractivity contribution is 1.11. The molecule has 0 fully saturated rings. The predicted molar refractivity (Wildman–Crippen MR) is 10.8 cm³/mol. The fourth-order valence-corrected chi connectivity index (χ4v) is 0. The fraction of sp³-hybridized carbons (Fsp3) is 0. The van der Waals surface area contributed by atoms with E-state index in [-0.39, 0.29) is 21.5 Å². The molecule has 0 heterocycles. The van der Waals surface area contributed by atoms with Crippen molar-refractivity contribution in [1.29, 1.82) is 0 Å². The molecule has 0 amide bonds. The highest BCUT2D eigenvalue weighted by Gasteiger charge is 0.0000112. The normalized spacial score (nSPS) is 0. The van der Waals surface area contributed by atoms with E-state index in [4.69, 9.17) is 0 Å². The van der Waals surface area contributed by atoms with Crippen molar-refractivity contribution in [2.24, 2.45) is 0 Å². The predicted octanol–water partition coefficient (Wildman–Crippen LogP) is 0.539. The molecule has 0 rings (SSSR count). The largest absolute Gasteiger partial charge is 0.269 e. The molecule has 0 saturated heterocycles. The molecule has 28 valence electrons. The molecule has 4 radical (unpaired) electrons. The number of hydrogen-bond donors (Lipinski definition) is 0. The van der Waals surface area contributed by atoms with Gasteiger partial charge in [-0.15, -0.1) is 0 Å². The van der Waals surface area contributed by atoms with Crippen molar-refractivity contribution in [1.82, 2.24) is 0 Å². The van der Waals surface area contributed by atoms with Crippen LogP contribution in [0.1, 0.15) is 0 Å². The van der Waals surface area contributed by atoms with Crippen LogP contribution in [0.5, 0.6) is 0 Å². The Kier molecular flexibility index (Phi) is 33900. The van der Waals surface area contributed by atoms with Gasteiger partial charge in [0.25, 0.3) is 0 Å². The first-order chi connectivity index (χ1) is 0. The molecule has 3 heteroatoms. The summed E-state index contributed by atoms with van der Waals surface area (Å²) in [6.45, 7) is 0. The van der Waals surface area contributed by atoms with E-state index in [1.54, 1.807) is 0 Å². The Balaban J connectivity index is 0. The van der Waals surface area contributed by atoms with Crippen LogP contribution >= 0.6 is 0 Å². The average molecular weight is 72.0 g/mol. The van der Waals surface area contributed by atoms with Crippen LogP contribution in [-0.2, 0) is 0 Å². The van der Waals surface area contributed by atoms with Crippen LogP contribution in [0.4, 0.5) is 14.1 Å². The Morgan fingerprint density at radius 2 is 0.500 bits per heavy atom. The summed E-state index contributed by atoms with van der Waals surface area (Å²) in [4.78, 5) is 0. The molecule has 0 aromatic carbocycles. The molecule has 4 heavy (non-hydrogen) atoms. The van der Waals surface area contributed by atoms with E-state index in [2.05, 4.69) is 0 Å². The first-order valence-electron chi connectivity index (χ1n) is 0. The summed E-state index contributed by atoms with van der Waals surface area (Å²) in [6, 6.07) is 0. The highest BCUT2D eigenvalue weighted by molar-refractivity contribution is 3.24. The third kappa shape index (κ3) is 25.3. The van der Waals surface area contributed by atoms with Crippen LogP contribution in [0, 0.1) is 7.43 Å². The number of rotatable bonds is 0. The summed E-state index contributed by atoms with van der Waals surface area (Å²) >= 11 is 0. The molecule has 0 nitrogen and oxygen atoms in total. The minimum absolute atomic E-state index is 0. The summed E-state index contributed by atoms with van der Waals surface area (Å²) in [5.41, 5.74) is 0. The minimum atomic E-state index is 0. The van der Waals surface area contributed by atoms with Crippen LogP contribution in [-0.4, -0.2) is 0 Å². The second-order valence-electron chi connectivity index (χ2n) is 0. The van der Waals surface area contributed by atoms with E-state index in [1.165, 1.54) is 0 Å². The number of halogens is 3. The van der Waals surface area contributed by atoms with Crippen molar-refractivity contribution in [2.45, 2.75) is 0 Å². The van der Waals surface area contributed by atoms with Crippen LogP contribution in [0.3, 0.4) is 0 Å². The molecular formula is CH3F3. The molecule has 0 spiro atoms. The summed E-state index contributed by atoms with van der Waals surface area (Å²) in [7, 11) is 0. The Hall–Kier alpha value is -0.210. The maximum absolute atomic E-state index is 0. The van der Waals surface area contributed by atoms with Crippen molar-refractivity contribution in [3.05, 3.63) is 7.43 Å². The van der Waals surface area contributed by atoms with E-state index in [0.29, 0.717) is 0 Å². The van der Waals surface area contributed by atoms with Gasteiger partial charge in [0.05, 0.1) is 0 Å². The highest BCUT2D eigenvalue weighted by Crippen LogP contribution is 0.422. The van der Waals surface area contributed by atoms with Crippen molar-refractivity contribution < 1.29 is 14.1 Å². The van der Waals surface area contributed by atoms with E-state index in [9.17, 15) is 0 Å². The van der Waals surface area contributed by atoms with Crippen LogP contribution in [0.15, 0.2) is 0 Å². The molecule has 0 N–H and O–H groups in total. The summed E-state index contributed by atoms with van der Waals surface area (Å²) in [5, 5.41) is 0. The van der Waals surface area contributed by atoms with Crippen molar-refractivity contribution in [3.8, 4) is 0 Å². The zero-order valence-corrected chi connectivity index (χ0v) is 1.72. The molecule has 0 aromatic rings. The molecular weight excluding hydrogens is 69.0 g/mol. The van der Waals surface area contributed by atoms with E-state index in [0.717, 1.165) is 0 Å². The molecule has 0 unspecified atom stereocenters. The number of hydrogen-bond acceptors (Lipinski definition) is 0. The van der Waals surface area contributed by atoms with Gasteiger partial charge in [0.15, 0.2) is 0 Å². The third-order valence-corrected chi connectivity index (χ3v) is 0. The van der Waals surface area contributed by atoms with Gasteiger partial charge < -0.3 is 0 Å². The minimum Gasteiger partial charge on any atom is -0.269 e. The van der Waals surface area contributed by atoms with Gasteiger partial charge in [0, 0.05) is 7.43 Å². The van der Waals surface area contributed by atoms with Crippen LogP contribution in [0.2, 0.25) is 0 Å². The maximum atomic E-state index is 0. The Labute approximate surface area is 22.9 Å². The molecule has 0 saturated carbocycles. The van der Waals surface area contributed by atoms with E-state index in [1.807, 2.05) is 0 Å². The van der Waals surface area contributed by atoms with E-state index < -0.39 is 0 Å². The molecule has 0 aliphatic heterocycles. The quantitative estimate of drug-likeness (QED) is 0.391. The topological polar surface area (TPSA) is 0 Å². The van der Waals surface area contributed by atoms with Gasteiger partial charge in [0.1, 0.15) is 0 Å². The summed E-state index contributed by atoms with van der Waals surface area (Å²) in [6.07, 6.45) is 0. The molecule has 0 aromatic heterocycles. The Bertz CT molecular complexity index is 3.25. The SMILES string of the molecule is F.F.F.[C]. The smallest absolute Gasteiger partial charge is 0 e. The second kappa shape index (κ2) is 203. The highest BCUT2D eigenvalue weighted by atomic mass is 19.0. The molecule has 0 aliphatic rings. The van der Waals surface area contributed by atoms with Crippen LogP contribution < -0.4 is 0 Å².